The largest absolute Gasteiger partial charge is 0.467 e. The molecule has 0 unspecified atom stereocenters. The Morgan fingerprint density at radius 1 is 1.29 bits per heavy atom. The maximum absolute atomic E-state index is 13.9. The molecule has 0 fully saturated rings. The number of thioether (sulfide) groups is 1. The van der Waals surface area contributed by atoms with Gasteiger partial charge in [0.2, 0.25) is 11.8 Å². The minimum Gasteiger partial charge on any atom is -0.467 e. The summed E-state index contributed by atoms with van der Waals surface area (Å²) in [5, 5.41) is 11.4. The molecule has 3 aromatic rings. The second kappa shape index (κ2) is 10.2. The van der Waals surface area contributed by atoms with E-state index in [4.69, 9.17) is 10.2 Å². The molecule has 0 saturated heterocycles. The van der Waals surface area contributed by atoms with Crippen LogP contribution in [0.3, 0.4) is 0 Å². The van der Waals surface area contributed by atoms with Crippen LogP contribution in [0.2, 0.25) is 0 Å². The Hall–Kier alpha value is -3.21. The minimum atomic E-state index is -0.724. The standard InChI is InChI=1S/C20H21F2N5O3S/c1-12(15-5-4-13(21)9-16(15)22)24-19(29)11-31-20-26-25-18(7-6-17(23)28)27(20)10-14-3-2-8-30-14/h2-5,8-9,12H,6-7,10-11H2,1H3,(H2,23,28)(H,24,29)/t12-/m1/s1. The maximum atomic E-state index is 13.9. The zero-order chi connectivity index (χ0) is 22.4. The molecule has 2 amide bonds. The lowest BCUT2D eigenvalue weighted by Gasteiger charge is -2.15. The number of rotatable bonds is 10. The van der Waals surface area contributed by atoms with Crippen molar-refractivity contribution in [2.45, 2.75) is 37.5 Å². The summed E-state index contributed by atoms with van der Waals surface area (Å²) < 4.78 is 34.1. The molecule has 1 atom stereocenters. The van der Waals surface area contributed by atoms with Gasteiger partial charge in [0, 0.05) is 24.5 Å². The third kappa shape index (κ3) is 6.14. The van der Waals surface area contributed by atoms with Gasteiger partial charge in [0.15, 0.2) is 5.16 Å². The van der Waals surface area contributed by atoms with Gasteiger partial charge in [-0.15, -0.1) is 10.2 Å². The SMILES string of the molecule is C[C@@H](NC(=O)CSc1nnc(CCC(N)=O)n1Cc1ccco1)c1ccc(F)cc1F. The number of primary amides is 1. The van der Waals surface area contributed by atoms with Crippen LogP contribution in [-0.4, -0.2) is 32.3 Å². The molecule has 8 nitrogen and oxygen atoms in total. The van der Waals surface area contributed by atoms with E-state index in [2.05, 4.69) is 15.5 Å². The van der Waals surface area contributed by atoms with E-state index < -0.39 is 23.6 Å². The Bertz CT molecular complexity index is 1060. The topological polar surface area (TPSA) is 116 Å². The fourth-order valence-electron chi connectivity index (χ4n) is 2.91. The van der Waals surface area contributed by atoms with Crippen molar-refractivity contribution in [2.24, 2.45) is 5.73 Å². The highest BCUT2D eigenvalue weighted by molar-refractivity contribution is 7.99. The van der Waals surface area contributed by atoms with E-state index in [0.29, 0.717) is 29.7 Å². The first-order valence-electron chi connectivity index (χ1n) is 9.43. The monoisotopic (exact) mass is 449 g/mol. The number of carbonyl (C=O) groups is 2. The number of aromatic nitrogens is 3. The normalized spacial score (nSPS) is 12.0. The number of nitrogens with one attached hydrogen (secondary N) is 1. The first-order chi connectivity index (χ1) is 14.8. The Balaban J connectivity index is 1.65. The highest BCUT2D eigenvalue weighted by Crippen LogP contribution is 2.21. The molecule has 0 aliphatic rings. The van der Waals surface area contributed by atoms with Gasteiger partial charge in [-0.05, 0) is 25.1 Å². The first-order valence-corrected chi connectivity index (χ1v) is 10.4. The highest BCUT2D eigenvalue weighted by atomic mass is 32.2. The predicted molar refractivity (Wildman–Crippen MR) is 109 cm³/mol. The summed E-state index contributed by atoms with van der Waals surface area (Å²) >= 11 is 1.14. The fourth-order valence-corrected chi connectivity index (χ4v) is 3.67. The van der Waals surface area contributed by atoms with Gasteiger partial charge in [0.05, 0.1) is 24.6 Å². The average Bonchev–Trinajstić information content (AvgIpc) is 3.35. The summed E-state index contributed by atoms with van der Waals surface area (Å²) in [6.45, 7) is 1.94. The van der Waals surface area contributed by atoms with Crippen LogP contribution in [0.4, 0.5) is 8.78 Å². The third-order valence-electron chi connectivity index (χ3n) is 4.42. The summed E-state index contributed by atoms with van der Waals surface area (Å²) in [5.41, 5.74) is 5.41. The molecule has 2 aromatic heterocycles. The van der Waals surface area contributed by atoms with Crippen molar-refractivity contribution in [3.63, 3.8) is 0 Å². The number of hydrogen-bond donors (Lipinski definition) is 2. The number of benzene rings is 1. The molecule has 31 heavy (non-hydrogen) atoms. The molecule has 0 aliphatic heterocycles. The molecule has 3 rings (SSSR count). The minimum absolute atomic E-state index is 0.000733. The van der Waals surface area contributed by atoms with E-state index in [1.165, 1.54) is 6.07 Å². The zero-order valence-corrected chi connectivity index (χ0v) is 17.5. The van der Waals surface area contributed by atoms with Gasteiger partial charge in [-0.2, -0.15) is 0 Å². The number of aryl methyl sites for hydroxylation is 1. The Morgan fingerprint density at radius 3 is 2.77 bits per heavy atom. The van der Waals surface area contributed by atoms with E-state index in [0.717, 1.165) is 23.9 Å². The van der Waals surface area contributed by atoms with Crippen LogP contribution in [0.1, 0.15) is 36.5 Å². The van der Waals surface area contributed by atoms with Crippen LogP contribution in [0.5, 0.6) is 0 Å². The number of nitrogens with two attached hydrogens (primary N) is 1. The number of carbonyl (C=O) groups excluding carboxylic acids is 2. The Labute approximate surface area is 181 Å². The van der Waals surface area contributed by atoms with Gasteiger partial charge in [0.1, 0.15) is 23.2 Å². The fraction of sp³-hybridized carbons (Fsp3) is 0.300. The molecule has 0 bridgehead atoms. The molecular formula is C20H21F2N5O3S. The van der Waals surface area contributed by atoms with E-state index in [-0.39, 0.29) is 23.6 Å². The van der Waals surface area contributed by atoms with Crippen LogP contribution < -0.4 is 11.1 Å². The molecule has 1 aromatic carbocycles. The van der Waals surface area contributed by atoms with E-state index in [9.17, 15) is 18.4 Å². The molecule has 164 valence electrons. The van der Waals surface area contributed by atoms with Crippen molar-refractivity contribution in [3.05, 3.63) is 65.4 Å². The molecule has 0 saturated carbocycles. The summed E-state index contributed by atoms with van der Waals surface area (Å²) in [4.78, 5) is 23.5. The molecule has 0 aliphatic carbocycles. The van der Waals surface area contributed by atoms with E-state index >= 15 is 0 Å². The van der Waals surface area contributed by atoms with Gasteiger partial charge >= 0.3 is 0 Å². The van der Waals surface area contributed by atoms with Gasteiger partial charge in [0.25, 0.3) is 0 Å². The maximum Gasteiger partial charge on any atom is 0.230 e. The van der Waals surface area contributed by atoms with Crippen LogP contribution in [0.25, 0.3) is 0 Å². The van der Waals surface area contributed by atoms with Crippen molar-refractivity contribution >= 4 is 23.6 Å². The Kier molecular flexibility index (Phi) is 7.40. The molecule has 2 heterocycles. The number of amides is 2. The number of nitrogens with zero attached hydrogens (tertiary/aromatic N) is 3. The second-order valence-electron chi connectivity index (χ2n) is 6.77. The van der Waals surface area contributed by atoms with Crippen molar-refractivity contribution in [2.75, 3.05) is 5.75 Å². The van der Waals surface area contributed by atoms with Crippen molar-refractivity contribution < 1.29 is 22.8 Å². The van der Waals surface area contributed by atoms with Gasteiger partial charge in [-0.1, -0.05) is 17.8 Å². The summed E-state index contributed by atoms with van der Waals surface area (Å²) in [7, 11) is 0. The van der Waals surface area contributed by atoms with Crippen LogP contribution in [0, 0.1) is 11.6 Å². The van der Waals surface area contributed by atoms with Gasteiger partial charge in [-0.3, -0.25) is 14.2 Å². The summed E-state index contributed by atoms with van der Waals surface area (Å²) in [6.07, 6.45) is 1.96. The van der Waals surface area contributed by atoms with Crippen LogP contribution in [-0.2, 0) is 22.6 Å². The number of hydrogen-bond acceptors (Lipinski definition) is 6. The smallest absolute Gasteiger partial charge is 0.230 e. The number of furan rings is 1. The zero-order valence-electron chi connectivity index (χ0n) is 16.7. The van der Waals surface area contributed by atoms with E-state index in [1.807, 2.05) is 0 Å². The third-order valence-corrected chi connectivity index (χ3v) is 5.39. The Morgan fingerprint density at radius 2 is 2.10 bits per heavy atom. The highest BCUT2D eigenvalue weighted by Gasteiger charge is 2.18. The summed E-state index contributed by atoms with van der Waals surface area (Å²) in [5.74, 6) is -1.02. The van der Waals surface area contributed by atoms with Crippen molar-refractivity contribution in [3.8, 4) is 0 Å². The van der Waals surface area contributed by atoms with Crippen LogP contribution in [0.15, 0.2) is 46.2 Å². The molecular weight excluding hydrogens is 428 g/mol. The molecule has 3 N–H and O–H groups in total. The van der Waals surface area contributed by atoms with Crippen molar-refractivity contribution in [1.82, 2.24) is 20.1 Å². The summed E-state index contributed by atoms with van der Waals surface area (Å²) in [6, 6.07) is 6.11. The molecule has 0 spiro atoms. The second-order valence-corrected chi connectivity index (χ2v) is 7.72. The predicted octanol–water partition coefficient (Wildman–Crippen LogP) is 2.59. The lowest BCUT2D eigenvalue weighted by atomic mass is 10.1. The average molecular weight is 449 g/mol. The lowest BCUT2D eigenvalue weighted by Crippen LogP contribution is -2.29. The lowest BCUT2D eigenvalue weighted by molar-refractivity contribution is -0.119. The molecule has 0 radical (unpaired) electrons. The quantitative estimate of drug-likeness (QED) is 0.460. The van der Waals surface area contributed by atoms with Gasteiger partial charge < -0.3 is 15.5 Å². The van der Waals surface area contributed by atoms with Gasteiger partial charge in [-0.25, -0.2) is 8.78 Å². The van der Waals surface area contributed by atoms with E-state index in [1.54, 1.807) is 29.9 Å². The van der Waals surface area contributed by atoms with Crippen molar-refractivity contribution in [1.29, 1.82) is 0 Å². The first kappa shape index (κ1) is 22.5. The molecule has 11 heteroatoms. The van der Waals surface area contributed by atoms with Crippen LogP contribution >= 0.6 is 11.8 Å². The number of halogens is 2.